The number of hydrogen-bond donors (Lipinski definition) is 4. The van der Waals surface area contributed by atoms with Crippen LogP contribution in [0.4, 0.5) is 19.2 Å². The molecular weight excluding hydrogens is 1700 g/mol. The zero-order valence-electron chi connectivity index (χ0n) is 75.8. The fraction of sp³-hybridized carbons (Fsp3) is 0.614. The lowest BCUT2D eigenvalue weighted by Crippen LogP contribution is -2.58. The van der Waals surface area contributed by atoms with E-state index in [0.29, 0.717) is 51.7 Å². The molecule has 2 aliphatic carbocycles. The maximum atomic E-state index is 14.0. The normalized spacial score (nSPS) is 17.6. The van der Waals surface area contributed by atoms with E-state index in [1.165, 1.54) is 0 Å². The third-order valence-corrected chi connectivity index (χ3v) is 27.3. The van der Waals surface area contributed by atoms with Crippen molar-refractivity contribution in [2.24, 2.45) is 32.5 Å². The molecule has 0 heterocycles. The largest absolute Gasteiger partial charge is 0.462 e. The zero-order chi connectivity index (χ0) is 95.9. The van der Waals surface area contributed by atoms with Crippen LogP contribution in [0.3, 0.4) is 0 Å². The first kappa shape index (κ1) is 112. The number of amides is 4. The maximum absolute atomic E-state index is 14.0. The summed E-state index contributed by atoms with van der Waals surface area (Å²) in [6, 6.07) is 0.512. The van der Waals surface area contributed by atoms with Crippen LogP contribution in [-0.2, 0) is 137 Å². The monoisotopic (exact) mass is 1830 g/mol. The smallest absolute Gasteiger partial charge is 0.407 e. The van der Waals surface area contributed by atoms with Gasteiger partial charge in [0.25, 0.3) is 0 Å². The number of ether oxygens (including phenoxy) is 18. The molecule has 2 saturated carbocycles. The molecule has 0 saturated heterocycles. The molecule has 0 aromatic heterocycles. The molecule has 0 bridgehead atoms. The van der Waals surface area contributed by atoms with Gasteiger partial charge in [0.05, 0.1) is 61.3 Å². The molecule has 0 radical (unpaired) electrons. The van der Waals surface area contributed by atoms with E-state index in [0.717, 1.165) is 72.8 Å². The SMILES string of the molecule is C=CC(=O)OCC(COCC(COC(=O)C=C)(COC(=O)C=C)COC(=O)NC1CC(C)(C)CC(C)(NC(=O)OC(C)COCCC[Si](C)(C)O[Si](C)(C)CCCOCC(C)OC(=O)NC2CC(C)(C)CC(C)(NC(=O)OCC(COCC(COC(=O)C=C)(COC(=O)C=C)COC(=O)C=C)(COC(=O)C=C)COC(=O)C=C)C2)C1)(COC(=O)C=C)COC(=O)C=C. The lowest BCUT2D eigenvalue weighted by atomic mass is 9.67. The van der Waals surface area contributed by atoms with Crippen LogP contribution in [0.25, 0.3) is 0 Å². The van der Waals surface area contributed by atoms with Crippen molar-refractivity contribution >= 4 is 101 Å². The van der Waals surface area contributed by atoms with Gasteiger partial charge in [-0.3, -0.25) is 0 Å². The molecule has 2 fully saturated rings. The highest BCUT2D eigenvalue weighted by molar-refractivity contribution is 6.84. The molecule has 0 spiro atoms. The van der Waals surface area contributed by atoms with Crippen LogP contribution < -0.4 is 21.3 Å². The van der Waals surface area contributed by atoms with Crippen LogP contribution in [0.2, 0.25) is 38.3 Å². The highest BCUT2D eigenvalue weighted by atomic mass is 28.4. The Kier molecular flexibility index (Phi) is 48.3. The minimum Gasteiger partial charge on any atom is -0.462 e. The van der Waals surface area contributed by atoms with Gasteiger partial charge in [-0.15, -0.1) is 0 Å². The molecule has 127 heavy (non-hydrogen) atoms. The van der Waals surface area contributed by atoms with E-state index in [4.69, 9.17) is 89.4 Å². The number of esters is 10. The number of hydrogen-bond acceptors (Lipinski definition) is 33. The van der Waals surface area contributed by atoms with E-state index in [2.05, 4.69) is 113 Å². The second kappa shape index (κ2) is 54.6. The van der Waals surface area contributed by atoms with E-state index in [9.17, 15) is 67.1 Å². The van der Waals surface area contributed by atoms with Gasteiger partial charge in [-0.25, -0.2) is 67.1 Å². The molecule has 2 aliphatic rings. The highest BCUT2D eigenvalue weighted by Gasteiger charge is 2.48. The first-order chi connectivity index (χ1) is 59.4. The summed E-state index contributed by atoms with van der Waals surface area (Å²) in [6.07, 6.45) is 7.88. The van der Waals surface area contributed by atoms with Crippen molar-refractivity contribution in [1.29, 1.82) is 0 Å². The quantitative estimate of drug-likeness (QED) is 0.0145. The zero-order valence-corrected chi connectivity index (χ0v) is 77.8. The number of nitrogens with one attached hydrogen (secondary N) is 4. The van der Waals surface area contributed by atoms with Gasteiger partial charge in [-0.2, -0.15) is 0 Å². The molecule has 6 atom stereocenters. The van der Waals surface area contributed by atoms with Gasteiger partial charge in [0.2, 0.25) is 0 Å². The Labute approximate surface area is 746 Å². The molecule has 4 N–H and O–H groups in total. The highest BCUT2D eigenvalue weighted by Crippen LogP contribution is 2.43. The lowest BCUT2D eigenvalue weighted by Gasteiger charge is -2.46. The summed E-state index contributed by atoms with van der Waals surface area (Å²) in [5.41, 5.74) is -9.42. The van der Waals surface area contributed by atoms with Crippen LogP contribution in [0.5, 0.6) is 0 Å². The van der Waals surface area contributed by atoms with E-state index in [1.807, 2.05) is 34.6 Å². The molecule has 0 aliphatic heterocycles. The Morgan fingerprint density at radius 2 is 0.551 bits per heavy atom. The van der Waals surface area contributed by atoms with Crippen LogP contribution in [0.1, 0.15) is 107 Å². The molecule has 2 rings (SSSR count). The topological polar surface area (TPSA) is 462 Å². The number of carbonyl (C=O) groups excluding carboxylic acids is 14. The molecule has 712 valence electrons. The van der Waals surface area contributed by atoms with Crippen molar-refractivity contribution in [2.45, 2.75) is 180 Å². The van der Waals surface area contributed by atoms with Crippen LogP contribution >= 0.6 is 0 Å². The third kappa shape index (κ3) is 46.1. The van der Waals surface area contributed by atoms with Crippen molar-refractivity contribution < 1.29 is 157 Å². The number of rotatable bonds is 62. The van der Waals surface area contributed by atoms with Crippen molar-refractivity contribution in [3.63, 3.8) is 0 Å². The van der Waals surface area contributed by atoms with E-state index in [-0.39, 0.29) is 26.1 Å². The van der Waals surface area contributed by atoms with Crippen molar-refractivity contribution in [3.8, 4) is 0 Å². The minimum absolute atomic E-state index is 0.107. The third-order valence-electron chi connectivity index (χ3n) is 19.7. The Morgan fingerprint density at radius 3 is 0.811 bits per heavy atom. The van der Waals surface area contributed by atoms with Gasteiger partial charge in [-0.05, 0) is 128 Å². The van der Waals surface area contributed by atoms with Gasteiger partial charge in [0, 0.05) is 97.1 Å². The van der Waals surface area contributed by atoms with Gasteiger partial charge in [0.1, 0.15) is 91.5 Å². The standard InChI is InChI=1S/C88H134N4O33Si2/c1-23-67(93)111-51-85(52-112-68(94)24-2,53-113-69(95)25-3)47-109-49-87(57-117-73(99)29-7,58-118-74(100)30-8)61-121-77(103)89-65-39-81(13,14)46-84(18,41-65)92-80(106)124-64(12)44-108-36-34-38-127(21,22)125-126(19,20)37-33-35-107-43-63(11)123-78(104)90-66-40-82(15,16)45-83(17,42-66)91-79(105)122-62-88(59-119-75(101)31-9,60-120-76(102)32-10)50-110-48-86(54-114-70(96)26-4,55-115-71(97)27-5)56-116-72(98)28-6/h23-32,63-66H,1-10,33-62H2,11-22H3,(H,89,103)(H,90,104)(H,91,105)(H,92,106). The molecule has 39 heteroatoms. The second-order valence-corrected chi connectivity index (χ2v) is 44.1. The lowest BCUT2D eigenvalue weighted by molar-refractivity contribution is -0.170. The van der Waals surface area contributed by atoms with E-state index < -0.39 is 274 Å². The Bertz CT molecular complexity index is 3650. The molecule has 6 unspecified atom stereocenters. The summed E-state index contributed by atoms with van der Waals surface area (Å²) < 4.78 is 108. The van der Waals surface area contributed by atoms with Crippen LogP contribution in [-0.4, -0.2) is 268 Å². The van der Waals surface area contributed by atoms with Gasteiger partial charge in [-0.1, -0.05) is 93.5 Å². The van der Waals surface area contributed by atoms with E-state index >= 15 is 0 Å². The van der Waals surface area contributed by atoms with Crippen LogP contribution in [0, 0.1) is 32.5 Å². The summed E-state index contributed by atoms with van der Waals surface area (Å²) in [7, 11) is -4.40. The van der Waals surface area contributed by atoms with E-state index in [1.54, 1.807) is 20.8 Å². The molecular formula is C88H134N4O33Si2. The number of carbonyl (C=O) groups is 14. The molecule has 0 aromatic rings. The molecule has 37 nitrogen and oxygen atoms in total. The minimum atomic E-state index is -2.20. The molecule has 4 amide bonds. The fourth-order valence-electron chi connectivity index (χ4n) is 14.5. The fourth-order valence-corrected chi connectivity index (χ4v) is 23.3. The Morgan fingerprint density at radius 1 is 0.323 bits per heavy atom. The predicted octanol–water partition coefficient (Wildman–Crippen LogP) is 9.85. The van der Waals surface area contributed by atoms with Gasteiger partial charge in [0.15, 0.2) is 16.6 Å². The van der Waals surface area contributed by atoms with Gasteiger partial charge < -0.3 is 111 Å². The van der Waals surface area contributed by atoms with Crippen molar-refractivity contribution in [3.05, 3.63) is 127 Å². The summed E-state index contributed by atoms with van der Waals surface area (Å²) >= 11 is 0. The van der Waals surface area contributed by atoms with Crippen LogP contribution in [0.15, 0.2) is 127 Å². The number of alkyl carbamates (subject to hydrolysis) is 4. The molecule has 0 aromatic carbocycles. The van der Waals surface area contributed by atoms with Crippen molar-refractivity contribution in [1.82, 2.24) is 21.3 Å². The van der Waals surface area contributed by atoms with Crippen molar-refractivity contribution in [2.75, 3.05) is 132 Å². The average molecular weight is 1830 g/mol. The maximum Gasteiger partial charge on any atom is 0.407 e. The van der Waals surface area contributed by atoms with Gasteiger partial charge >= 0.3 is 84.1 Å². The summed E-state index contributed by atoms with van der Waals surface area (Å²) in [6.45, 7) is 49.4. The first-order valence-corrected chi connectivity index (χ1v) is 47.4. The Balaban J connectivity index is 2.03. The first-order valence-electron chi connectivity index (χ1n) is 41.2. The Hall–Kier alpha value is -10.6. The second-order valence-electron chi connectivity index (χ2n) is 35.2. The summed E-state index contributed by atoms with van der Waals surface area (Å²) in [5, 5.41) is 11.8. The average Bonchev–Trinajstić information content (AvgIpc) is 0.797. The summed E-state index contributed by atoms with van der Waals surface area (Å²) in [4.78, 5) is 179. The predicted molar refractivity (Wildman–Crippen MR) is 466 cm³/mol. The summed E-state index contributed by atoms with van der Waals surface area (Å²) in [5.74, 6) is -8.92.